The minimum atomic E-state index is 0.623. The number of hydrogen-bond donors (Lipinski definition) is 0. The predicted molar refractivity (Wildman–Crippen MR) is 182 cm³/mol. The van der Waals surface area contributed by atoms with E-state index in [1.807, 2.05) is 42.5 Å². The molecule has 0 aliphatic heterocycles. The van der Waals surface area contributed by atoms with E-state index in [0.717, 1.165) is 67.0 Å². The summed E-state index contributed by atoms with van der Waals surface area (Å²) in [5.41, 5.74) is 11.8. The zero-order valence-corrected chi connectivity index (χ0v) is 24.3. The van der Waals surface area contributed by atoms with Gasteiger partial charge in [0.1, 0.15) is 5.52 Å². The molecule has 0 amide bonds. The molecule has 4 nitrogen and oxygen atoms in total. The van der Waals surface area contributed by atoms with Gasteiger partial charge in [0.25, 0.3) is 0 Å². The Hall–Kier alpha value is -6.13. The van der Waals surface area contributed by atoms with Crippen LogP contribution in [-0.4, -0.2) is 15.0 Å². The molecule has 8 aromatic rings. The van der Waals surface area contributed by atoms with E-state index in [1.165, 1.54) is 0 Å². The Balaban J connectivity index is 1.19. The third-order valence-corrected chi connectivity index (χ3v) is 7.97. The van der Waals surface area contributed by atoms with Gasteiger partial charge in [-0.25, -0.2) is 15.0 Å². The van der Waals surface area contributed by atoms with Crippen molar-refractivity contribution in [1.29, 1.82) is 0 Å². The SMILES string of the molecule is c1ccc(-c2nc(-c3ccc(-c4ccc(-c5nc6ccccc6o5)cc4)cc3)nc(-c3ccccc3)c2-c2ccccc2)cc1. The summed E-state index contributed by atoms with van der Waals surface area (Å²) in [5.74, 6) is 1.31. The Morgan fingerprint density at radius 2 is 0.778 bits per heavy atom. The molecule has 2 aromatic heterocycles. The monoisotopic (exact) mass is 577 g/mol. The van der Waals surface area contributed by atoms with Gasteiger partial charge in [0, 0.05) is 27.8 Å². The van der Waals surface area contributed by atoms with Gasteiger partial charge in [-0.05, 0) is 41.0 Å². The first kappa shape index (κ1) is 26.5. The third-order valence-electron chi connectivity index (χ3n) is 7.97. The maximum Gasteiger partial charge on any atom is 0.227 e. The maximum absolute atomic E-state index is 5.96. The topological polar surface area (TPSA) is 51.8 Å². The molecule has 0 unspecified atom stereocenters. The van der Waals surface area contributed by atoms with Crippen LogP contribution in [0.5, 0.6) is 0 Å². The summed E-state index contributed by atoms with van der Waals surface area (Å²) in [4.78, 5) is 15.1. The number of rotatable bonds is 6. The van der Waals surface area contributed by atoms with Gasteiger partial charge < -0.3 is 4.42 Å². The van der Waals surface area contributed by atoms with Crippen LogP contribution in [0.2, 0.25) is 0 Å². The molecule has 2 heterocycles. The molecule has 0 aliphatic carbocycles. The highest BCUT2D eigenvalue weighted by molar-refractivity contribution is 5.92. The van der Waals surface area contributed by atoms with Crippen LogP contribution in [0.1, 0.15) is 0 Å². The molecule has 0 radical (unpaired) electrons. The van der Waals surface area contributed by atoms with Crippen molar-refractivity contribution >= 4 is 11.1 Å². The van der Waals surface area contributed by atoms with Gasteiger partial charge in [0.2, 0.25) is 5.89 Å². The number of hydrogen-bond acceptors (Lipinski definition) is 4. The van der Waals surface area contributed by atoms with Gasteiger partial charge >= 0.3 is 0 Å². The minimum absolute atomic E-state index is 0.623. The molecule has 0 saturated carbocycles. The highest BCUT2D eigenvalue weighted by atomic mass is 16.3. The number of oxazole rings is 1. The number of benzene rings is 6. The summed E-state index contributed by atoms with van der Waals surface area (Å²) in [5, 5.41) is 0. The Kier molecular flexibility index (Phi) is 6.78. The predicted octanol–water partition coefficient (Wildman–Crippen LogP) is 10.6. The molecule has 45 heavy (non-hydrogen) atoms. The van der Waals surface area contributed by atoms with Crippen LogP contribution in [0.25, 0.3) is 78.7 Å². The van der Waals surface area contributed by atoms with Crippen LogP contribution in [0.4, 0.5) is 0 Å². The Bertz CT molecular complexity index is 2130. The van der Waals surface area contributed by atoms with Crippen LogP contribution in [0, 0.1) is 0 Å². The van der Waals surface area contributed by atoms with Crippen molar-refractivity contribution in [3.05, 3.63) is 164 Å². The summed E-state index contributed by atoms with van der Waals surface area (Å²) in [6, 6.07) is 55.7. The van der Waals surface area contributed by atoms with Crippen molar-refractivity contribution in [3.8, 4) is 67.6 Å². The van der Waals surface area contributed by atoms with E-state index in [-0.39, 0.29) is 0 Å². The molecule has 0 spiro atoms. The first-order valence-electron chi connectivity index (χ1n) is 15.0. The van der Waals surface area contributed by atoms with Crippen molar-refractivity contribution in [2.75, 3.05) is 0 Å². The minimum Gasteiger partial charge on any atom is -0.436 e. The molecule has 0 saturated heterocycles. The molecule has 0 N–H and O–H groups in total. The van der Waals surface area contributed by atoms with Gasteiger partial charge in [0.05, 0.1) is 11.4 Å². The zero-order chi connectivity index (χ0) is 30.0. The number of fused-ring (bicyclic) bond motifs is 1. The summed E-state index contributed by atoms with van der Waals surface area (Å²) in [7, 11) is 0. The van der Waals surface area contributed by atoms with E-state index in [2.05, 4.69) is 126 Å². The summed E-state index contributed by atoms with van der Waals surface area (Å²) >= 11 is 0. The van der Waals surface area contributed by atoms with E-state index in [4.69, 9.17) is 14.4 Å². The van der Waals surface area contributed by atoms with Gasteiger partial charge in [-0.1, -0.05) is 140 Å². The zero-order valence-electron chi connectivity index (χ0n) is 24.3. The lowest BCUT2D eigenvalue weighted by molar-refractivity contribution is 0.620. The van der Waals surface area contributed by atoms with Crippen molar-refractivity contribution in [2.24, 2.45) is 0 Å². The van der Waals surface area contributed by atoms with Gasteiger partial charge in [0.15, 0.2) is 11.4 Å². The fourth-order valence-corrected chi connectivity index (χ4v) is 5.69. The van der Waals surface area contributed by atoms with Crippen LogP contribution in [0.15, 0.2) is 168 Å². The normalized spacial score (nSPS) is 11.1. The van der Waals surface area contributed by atoms with Crippen LogP contribution in [-0.2, 0) is 0 Å². The van der Waals surface area contributed by atoms with E-state index in [9.17, 15) is 0 Å². The highest BCUT2D eigenvalue weighted by Gasteiger charge is 2.20. The van der Waals surface area contributed by atoms with E-state index < -0.39 is 0 Å². The second-order valence-corrected chi connectivity index (χ2v) is 10.9. The molecule has 8 rings (SSSR count). The average molecular weight is 578 g/mol. The Morgan fingerprint density at radius 1 is 0.333 bits per heavy atom. The number of para-hydroxylation sites is 2. The molecule has 6 aromatic carbocycles. The molecule has 0 fully saturated rings. The van der Waals surface area contributed by atoms with Crippen LogP contribution in [0.3, 0.4) is 0 Å². The lowest BCUT2D eigenvalue weighted by Crippen LogP contribution is -2.00. The van der Waals surface area contributed by atoms with Crippen molar-refractivity contribution in [2.45, 2.75) is 0 Å². The summed E-state index contributed by atoms with van der Waals surface area (Å²) < 4.78 is 5.96. The summed E-state index contributed by atoms with van der Waals surface area (Å²) in [6.45, 7) is 0. The van der Waals surface area contributed by atoms with Gasteiger partial charge in [-0.3, -0.25) is 0 Å². The number of aromatic nitrogens is 3. The fraction of sp³-hybridized carbons (Fsp3) is 0. The lowest BCUT2D eigenvalue weighted by Gasteiger charge is -2.17. The average Bonchev–Trinajstić information content (AvgIpc) is 3.57. The first-order chi connectivity index (χ1) is 22.3. The van der Waals surface area contributed by atoms with Crippen LogP contribution < -0.4 is 0 Å². The second kappa shape index (κ2) is 11.5. The van der Waals surface area contributed by atoms with Crippen LogP contribution >= 0.6 is 0 Å². The largest absolute Gasteiger partial charge is 0.436 e. The van der Waals surface area contributed by atoms with E-state index in [0.29, 0.717) is 11.7 Å². The number of nitrogens with zero attached hydrogens (tertiary/aromatic N) is 3. The Labute approximate surface area is 261 Å². The molecule has 0 atom stereocenters. The second-order valence-electron chi connectivity index (χ2n) is 10.9. The molecule has 4 heteroatoms. The highest BCUT2D eigenvalue weighted by Crippen LogP contribution is 2.39. The molecular formula is C41H27N3O. The van der Waals surface area contributed by atoms with E-state index >= 15 is 0 Å². The maximum atomic E-state index is 5.96. The quantitative estimate of drug-likeness (QED) is 0.197. The third kappa shape index (κ3) is 5.19. The van der Waals surface area contributed by atoms with Gasteiger partial charge in [-0.2, -0.15) is 0 Å². The van der Waals surface area contributed by atoms with Crippen molar-refractivity contribution < 1.29 is 4.42 Å². The smallest absolute Gasteiger partial charge is 0.227 e. The van der Waals surface area contributed by atoms with Crippen molar-refractivity contribution in [3.63, 3.8) is 0 Å². The summed E-state index contributed by atoms with van der Waals surface area (Å²) in [6.07, 6.45) is 0. The molecular weight excluding hydrogens is 550 g/mol. The standard InChI is InChI=1S/C41H27N3O/c1-4-12-30(13-5-1)37-38(31-14-6-2-7-15-31)43-40(44-39(37)32-16-8-3-9-17-32)33-24-20-28(21-25-33)29-22-26-34(27-23-29)41-42-35-18-10-11-19-36(35)45-41/h1-27H. The van der Waals surface area contributed by atoms with Crippen molar-refractivity contribution in [1.82, 2.24) is 15.0 Å². The van der Waals surface area contributed by atoms with Gasteiger partial charge in [-0.15, -0.1) is 0 Å². The molecule has 0 bridgehead atoms. The van der Waals surface area contributed by atoms with E-state index in [1.54, 1.807) is 0 Å². The fourth-order valence-electron chi connectivity index (χ4n) is 5.69. The first-order valence-corrected chi connectivity index (χ1v) is 15.0. The molecule has 0 aliphatic rings. The lowest BCUT2D eigenvalue weighted by atomic mass is 9.94. The Morgan fingerprint density at radius 3 is 1.31 bits per heavy atom. The molecule has 212 valence electrons.